The van der Waals surface area contributed by atoms with Gasteiger partial charge in [-0.2, -0.15) is 4.72 Å². The van der Waals surface area contributed by atoms with Crippen molar-refractivity contribution in [2.45, 2.75) is 51.0 Å². The molecule has 0 saturated heterocycles. The van der Waals surface area contributed by atoms with Crippen molar-refractivity contribution >= 4 is 15.9 Å². The largest absolute Gasteiger partial charge is 0.360 e. The molecule has 0 aliphatic rings. The molecule has 0 aliphatic carbocycles. The van der Waals surface area contributed by atoms with Crippen LogP contribution in [0.5, 0.6) is 0 Å². The van der Waals surface area contributed by atoms with Crippen molar-refractivity contribution in [3.63, 3.8) is 0 Å². The molecule has 1 aromatic heterocycles. The van der Waals surface area contributed by atoms with Crippen molar-refractivity contribution in [1.29, 1.82) is 0 Å². The minimum Gasteiger partial charge on any atom is -0.360 e. The molecule has 1 amide bonds. The Balaban J connectivity index is 1.99. The number of rotatable bonds is 8. The lowest BCUT2D eigenvalue weighted by molar-refractivity contribution is -0.122. The first-order chi connectivity index (χ1) is 12.3. The summed E-state index contributed by atoms with van der Waals surface area (Å²) in [5, 5.41) is 6.47. The van der Waals surface area contributed by atoms with Gasteiger partial charge in [-0.15, -0.1) is 0 Å². The minimum absolute atomic E-state index is 0.0205. The van der Waals surface area contributed by atoms with Gasteiger partial charge in [-0.3, -0.25) is 4.79 Å². The number of hydrogen-bond donors (Lipinski definition) is 2. The van der Waals surface area contributed by atoms with Crippen LogP contribution in [0.1, 0.15) is 43.2 Å². The van der Waals surface area contributed by atoms with E-state index < -0.39 is 16.1 Å². The highest BCUT2D eigenvalue weighted by Gasteiger charge is 2.28. The van der Waals surface area contributed by atoms with Gasteiger partial charge in [0.05, 0.1) is 6.04 Å². The summed E-state index contributed by atoms with van der Waals surface area (Å²) in [4.78, 5) is 12.3. The van der Waals surface area contributed by atoms with Gasteiger partial charge in [-0.1, -0.05) is 42.4 Å². The lowest BCUT2D eigenvalue weighted by atomic mass is 9.96. The fraction of sp³-hybridized carbons (Fsp3) is 0.444. The SMILES string of the molecule is CC[C@@H](CNC(=O)[C@H](C)NS(=O)(=O)c1c(C)noc1C)c1ccccc1. The van der Waals surface area contributed by atoms with Gasteiger partial charge in [0, 0.05) is 12.5 Å². The Labute approximate surface area is 154 Å². The zero-order valence-corrected chi connectivity index (χ0v) is 16.3. The minimum atomic E-state index is -3.89. The summed E-state index contributed by atoms with van der Waals surface area (Å²) in [6.45, 7) is 7.06. The lowest BCUT2D eigenvalue weighted by Gasteiger charge is -2.19. The number of carbonyl (C=O) groups excluding carboxylic acids is 1. The van der Waals surface area contributed by atoms with Crippen molar-refractivity contribution in [1.82, 2.24) is 15.2 Å². The van der Waals surface area contributed by atoms with Crippen molar-refractivity contribution in [2.24, 2.45) is 0 Å². The number of aromatic nitrogens is 1. The normalized spacial score (nSPS) is 14.0. The third-order valence-corrected chi connectivity index (χ3v) is 6.03. The molecule has 142 valence electrons. The van der Waals surface area contributed by atoms with Crippen LogP contribution in [0, 0.1) is 13.8 Å². The van der Waals surface area contributed by atoms with Crippen LogP contribution in [-0.2, 0) is 14.8 Å². The summed E-state index contributed by atoms with van der Waals surface area (Å²) in [5.74, 6) is -0.0148. The van der Waals surface area contributed by atoms with Crippen LogP contribution in [0.3, 0.4) is 0 Å². The van der Waals surface area contributed by atoms with Crippen LogP contribution < -0.4 is 10.0 Å². The average Bonchev–Trinajstić information content (AvgIpc) is 2.95. The van der Waals surface area contributed by atoms with Gasteiger partial charge >= 0.3 is 0 Å². The first-order valence-corrected chi connectivity index (χ1v) is 10.0. The van der Waals surface area contributed by atoms with Gasteiger partial charge in [0.25, 0.3) is 0 Å². The summed E-state index contributed by atoms with van der Waals surface area (Å²) in [5.41, 5.74) is 1.40. The third kappa shape index (κ3) is 4.70. The highest BCUT2D eigenvalue weighted by atomic mass is 32.2. The van der Waals surface area contributed by atoms with E-state index in [0.29, 0.717) is 6.54 Å². The smallest absolute Gasteiger partial charge is 0.246 e. The summed E-state index contributed by atoms with van der Waals surface area (Å²) in [6, 6.07) is 8.98. The second kappa shape index (κ2) is 8.46. The van der Waals surface area contributed by atoms with E-state index in [2.05, 4.69) is 15.2 Å². The average molecular weight is 379 g/mol. The van der Waals surface area contributed by atoms with E-state index >= 15 is 0 Å². The number of hydrogen-bond acceptors (Lipinski definition) is 5. The molecule has 0 bridgehead atoms. The van der Waals surface area contributed by atoms with E-state index in [0.717, 1.165) is 12.0 Å². The maximum absolute atomic E-state index is 12.5. The second-order valence-corrected chi connectivity index (χ2v) is 7.91. The quantitative estimate of drug-likeness (QED) is 0.733. The maximum atomic E-state index is 12.5. The Bertz CT molecular complexity index is 827. The number of carbonyl (C=O) groups is 1. The van der Waals surface area contributed by atoms with Crippen molar-refractivity contribution in [3.8, 4) is 0 Å². The first-order valence-electron chi connectivity index (χ1n) is 8.54. The molecule has 1 aromatic carbocycles. The zero-order chi connectivity index (χ0) is 19.3. The van der Waals surface area contributed by atoms with Crippen molar-refractivity contribution in [3.05, 3.63) is 47.3 Å². The van der Waals surface area contributed by atoms with E-state index in [9.17, 15) is 13.2 Å². The number of nitrogens with zero attached hydrogens (tertiary/aromatic N) is 1. The van der Waals surface area contributed by atoms with Gasteiger partial charge in [0.1, 0.15) is 10.6 Å². The van der Waals surface area contributed by atoms with E-state index in [-0.39, 0.29) is 28.2 Å². The summed E-state index contributed by atoms with van der Waals surface area (Å²) >= 11 is 0. The van der Waals surface area contributed by atoms with Crippen LogP contribution in [0.4, 0.5) is 0 Å². The maximum Gasteiger partial charge on any atom is 0.246 e. The Hall–Kier alpha value is -2.19. The fourth-order valence-corrected chi connectivity index (χ4v) is 4.34. The molecule has 8 heteroatoms. The molecule has 2 N–H and O–H groups in total. The topological polar surface area (TPSA) is 101 Å². The molecule has 0 spiro atoms. The predicted octanol–water partition coefficient (Wildman–Crippen LogP) is 2.27. The van der Waals surface area contributed by atoms with Gasteiger partial charge in [-0.05, 0) is 32.8 Å². The van der Waals surface area contributed by atoms with Crippen LogP contribution in [-0.4, -0.2) is 32.1 Å². The molecule has 0 radical (unpaired) electrons. The van der Waals surface area contributed by atoms with Gasteiger partial charge in [-0.25, -0.2) is 8.42 Å². The molecule has 2 atom stereocenters. The molecule has 0 aliphatic heterocycles. The Kier molecular flexibility index (Phi) is 6.55. The molecule has 26 heavy (non-hydrogen) atoms. The van der Waals surface area contributed by atoms with Crippen LogP contribution in [0.25, 0.3) is 0 Å². The van der Waals surface area contributed by atoms with Crippen LogP contribution in [0.15, 0.2) is 39.8 Å². The van der Waals surface area contributed by atoms with Gasteiger partial charge in [0.15, 0.2) is 5.76 Å². The number of amides is 1. The molecule has 0 unspecified atom stereocenters. The first kappa shape index (κ1) is 20.1. The molecule has 7 nitrogen and oxygen atoms in total. The number of nitrogens with one attached hydrogen (secondary N) is 2. The summed E-state index contributed by atoms with van der Waals surface area (Å²) in [6.07, 6.45) is 0.865. The summed E-state index contributed by atoms with van der Waals surface area (Å²) in [7, 11) is -3.89. The van der Waals surface area contributed by atoms with Crippen LogP contribution >= 0.6 is 0 Å². The second-order valence-electron chi connectivity index (χ2n) is 6.26. The van der Waals surface area contributed by atoms with Crippen LogP contribution in [0.2, 0.25) is 0 Å². The highest BCUT2D eigenvalue weighted by molar-refractivity contribution is 7.89. The monoisotopic (exact) mass is 379 g/mol. The lowest BCUT2D eigenvalue weighted by Crippen LogP contribution is -2.45. The number of aryl methyl sites for hydroxylation is 2. The summed E-state index contributed by atoms with van der Waals surface area (Å²) < 4.78 is 32.2. The number of benzene rings is 1. The molecular weight excluding hydrogens is 354 g/mol. The standard InChI is InChI=1S/C18H25N3O4S/c1-5-15(16-9-7-6-8-10-16)11-19-18(22)13(3)21-26(23,24)17-12(2)20-25-14(17)4/h6-10,13,15,21H,5,11H2,1-4H3,(H,19,22)/t13-,15-/m0/s1. The van der Waals surface area contributed by atoms with Crippen molar-refractivity contribution < 1.29 is 17.7 Å². The molecule has 1 heterocycles. The Morgan fingerprint density at radius 3 is 2.42 bits per heavy atom. The van der Waals surface area contributed by atoms with E-state index in [1.165, 1.54) is 13.8 Å². The van der Waals surface area contributed by atoms with Gasteiger partial charge in [0.2, 0.25) is 15.9 Å². The highest BCUT2D eigenvalue weighted by Crippen LogP contribution is 2.19. The molecular formula is C18H25N3O4S. The Morgan fingerprint density at radius 2 is 1.88 bits per heavy atom. The molecule has 2 aromatic rings. The van der Waals surface area contributed by atoms with Gasteiger partial charge < -0.3 is 9.84 Å². The van der Waals surface area contributed by atoms with E-state index in [4.69, 9.17) is 4.52 Å². The fourth-order valence-electron chi connectivity index (χ4n) is 2.80. The third-order valence-electron chi connectivity index (χ3n) is 4.25. The Morgan fingerprint density at radius 1 is 1.23 bits per heavy atom. The molecule has 2 rings (SSSR count). The van der Waals surface area contributed by atoms with E-state index in [1.807, 2.05) is 37.3 Å². The molecule has 0 fully saturated rings. The molecule has 0 saturated carbocycles. The zero-order valence-electron chi connectivity index (χ0n) is 15.4. The van der Waals surface area contributed by atoms with E-state index in [1.54, 1.807) is 6.92 Å². The number of sulfonamides is 1. The van der Waals surface area contributed by atoms with Crippen molar-refractivity contribution in [2.75, 3.05) is 6.54 Å². The predicted molar refractivity (Wildman–Crippen MR) is 98.2 cm³/mol.